The molecule has 0 saturated heterocycles. The van der Waals surface area contributed by atoms with Crippen LogP contribution in [0.25, 0.3) is 0 Å². The molecule has 3 nitrogen and oxygen atoms in total. The Balaban J connectivity index is 2.49. The van der Waals surface area contributed by atoms with Crippen LogP contribution in [-0.4, -0.2) is 12.3 Å². The fourth-order valence-electron chi connectivity index (χ4n) is 2.17. The van der Waals surface area contributed by atoms with E-state index in [1.165, 1.54) is 13.8 Å². The Kier molecular flexibility index (Phi) is 3.01. The predicted octanol–water partition coefficient (Wildman–Crippen LogP) is 2.90. The van der Waals surface area contributed by atoms with Crippen LogP contribution in [0.5, 0.6) is 11.5 Å². The van der Waals surface area contributed by atoms with Crippen LogP contribution in [-0.2, 0) is 12.1 Å². The standard InChI is InChI=1S/C14H20FNO2/c1-13(2,16)7-9-5-11-12(18-8-17-11)6-10(9)14(3,4)15/h5-6H,7-8,16H2,1-4H3. The van der Waals surface area contributed by atoms with Crippen LogP contribution in [0, 0.1) is 0 Å². The van der Waals surface area contributed by atoms with Gasteiger partial charge in [-0.25, -0.2) is 4.39 Å². The lowest BCUT2D eigenvalue weighted by Gasteiger charge is -2.25. The van der Waals surface area contributed by atoms with E-state index >= 15 is 0 Å². The number of ether oxygens (including phenoxy) is 2. The smallest absolute Gasteiger partial charge is 0.231 e. The predicted molar refractivity (Wildman–Crippen MR) is 68.7 cm³/mol. The SMILES string of the molecule is CC(C)(N)Cc1cc2c(cc1C(C)(C)F)OCO2. The first-order valence-corrected chi connectivity index (χ1v) is 6.08. The third kappa shape index (κ3) is 2.75. The van der Waals surface area contributed by atoms with E-state index in [0.29, 0.717) is 23.5 Å². The minimum Gasteiger partial charge on any atom is -0.454 e. The molecule has 0 atom stereocenters. The molecule has 0 radical (unpaired) electrons. The number of rotatable bonds is 3. The monoisotopic (exact) mass is 253 g/mol. The first-order chi connectivity index (χ1) is 8.17. The van der Waals surface area contributed by atoms with Gasteiger partial charge in [-0.3, -0.25) is 0 Å². The molecule has 0 aliphatic carbocycles. The second-order valence-corrected chi connectivity index (χ2v) is 6.00. The van der Waals surface area contributed by atoms with Gasteiger partial charge in [0.25, 0.3) is 0 Å². The number of benzene rings is 1. The summed E-state index contributed by atoms with van der Waals surface area (Å²) in [5.74, 6) is 1.27. The molecule has 18 heavy (non-hydrogen) atoms. The Morgan fingerprint density at radius 2 is 1.72 bits per heavy atom. The lowest BCUT2D eigenvalue weighted by molar-refractivity contribution is 0.173. The highest BCUT2D eigenvalue weighted by Gasteiger charge is 2.28. The van der Waals surface area contributed by atoms with Crippen molar-refractivity contribution < 1.29 is 13.9 Å². The van der Waals surface area contributed by atoms with Crippen molar-refractivity contribution in [1.29, 1.82) is 0 Å². The number of nitrogens with two attached hydrogens (primary N) is 1. The highest BCUT2D eigenvalue weighted by Crippen LogP contribution is 2.40. The van der Waals surface area contributed by atoms with Gasteiger partial charge in [0.2, 0.25) is 6.79 Å². The summed E-state index contributed by atoms with van der Waals surface area (Å²) in [6, 6.07) is 3.57. The summed E-state index contributed by atoms with van der Waals surface area (Å²) in [6.45, 7) is 7.12. The lowest BCUT2D eigenvalue weighted by atomic mass is 9.87. The molecule has 1 aliphatic rings. The fraction of sp³-hybridized carbons (Fsp3) is 0.571. The second kappa shape index (κ2) is 4.12. The molecule has 0 bridgehead atoms. The molecule has 0 spiro atoms. The van der Waals surface area contributed by atoms with Crippen LogP contribution < -0.4 is 15.2 Å². The molecule has 0 saturated carbocycles. The van der Waals surface area contributed by atoms with Gasteiger partial charge in [0, 0.05) is 5.54 Å². The third-order valence-corrected chi connectivity index (χ3v) is 2.88. The summed E-state index contributed by atoms with van der Waals surface area (Å²) in [5, 5.41) is 0. The second-order valence-electron chi connectivity index (χ2n) is 6.00. The summed E-state index contributed by atoms with van der Waals surface area (Å²) >= 11 is 0. The molecule has 4 heteroatoms. The van der Waals surface area contributed by atoms with Gasteiger partial charge < -0.3 is 15.2 Å². The maximum absolute atomic E-state index is 14.3. The topological polar surface area (TPSA) is 44.5 Å². The molecule has 0 unspecified atom stereocenters. The van der Waals surface area contributed by atoms with Crippen LogP contribution in [0.4, 0.5) is 4.39 Å². The third-order valence-electron chi connectivity index (χ3n) is 2.88. The van der Waals surface area contributed by atoms with Gasteiger partial charge in [0.05, 0.1) is 0 Å². The average Bonchev–Trinajstić information content (AvgIpc) is 2.58. The van der Waals surface area contributed by atoms with Crippen molar-refractivity contribution >= 4 is 0 Å². The van der Waals surface area contributed by atoms with Crippen LogP contribution >= 0.6 is 0 Å². The molecule has 1 aromatic rings. The maximum Gasteiger partial charge on any atom is 0.231 e. The van der Waals surface area contributed by atoms with E-state index in [1.807, 2.05) is 19.9 Å². The van der Waals surface area contributed by atoms with Crippen molar-refractivity contribution in [2.45, 2.75) is 45.3 Å². The van der Waals surface area contributed by atoms with Crippen molar-refractivity contribution in [2.24, 2.45) is 5.73 Å². The van der Waals surface area contributed by atoms with Gasteiger partial charge in [0.15, 0.2) is 11.5 Å². The van der Waals surface area contributed by atoms with Gasteiger partial charge in [-0.2, -0.15) is 0 Å². The minimum atomic E-state index is -1.43. The minimum absolute atomic E-state index is 0.191. The molecular weight excluding hydrogens is 233 g/mol. The highest BCUT2D eigenvalue weighted by molar-refractivity contribution is 5.50. The average molecular weight is 253 g/mol. The first kappa shape index (κ1) is 13.1. The Bertz CT molecular complexity index is 458. The lowest BCUT2D eigenvalue weighted by Crippen LogP contribution is -2.35. The van der Waals surface area contributed by atoms with E-state index in [0.717, 1.165) is 5.56 Å². The van der Waals surface area contributed by atoms with Gasteiger partial charge in [-0.15, -0.1) is 0 Å². The van der Waals surface area contributed by atoms with Gasteiger partial charge in [-0.05, 0) is 57.4 Å². The molecule has 100 valence electrons. The van der Waals surface area contributed by atoms with E-state index < -0.39 is 11.2 Å². The van der Waals surface area contributed by atoms with Crippen LogP contribution in [0.3, 0.4) is 0 Å². The molecule has 2 N–H and O–H groups in total. The Labute approximate surface area is 107 Å². The van der Waals surface area contributed by atoms with Crippen molar-refractivity contribution in [2.75, 3.05) is 6.79 Å². The van der Waals surface area contributed by atoms with Crippen LogP contribution in [0.1, 0.15) is 38.8 Å². The van der Waals surface area contributed by atoms with Crippen LogP contribution in [0.15, 0.2) is 12.1 Å². The zero-order valence-corrected chi connectivity index (χ0v) is 11.3. The van der Waals surface area contributed by atoms with Crippen molar-refractivity contribution in [1.82, 2.24) is 0 Å². The molecule has 0 aromatic heterocycles. The number of halogens is 1. The number of fused-ring (bicyclic) bond motifs is 1. The number of alkyl halides is 1. The van der Waals surface area contributed by atoms with Gasteiger partial charge in [-0.1, -0.05) is 0 Å². The summed E-state index contributed by atoms with van der Waals surface area (Å²) in [7, 11) is 0. The van der Waals surface area contributed by atoms with E-state index in [4.69, 9.17) is 15.2 Å². The molecule has 1 aliphatic heterocycles. The summed E-state index contributed by atoms with van der Waals surface area (Å²) in [6.07, 6.45) is 0.590. The molecule has 0 fully saturated rings. The Morgan fingerprint density at radius 3 is 2.22 bits per heavy atom. The van der Waals surface area contributed by atoms with E-state index in [1.54, 1.807) is 6.07 Å². The number of hydrogen-bond donors (Lipinski definition) is 1. The number of hydrogen-bond acceptors (Lipinski definition) is 3. The zero-order valence-electron chi connectivity index (χ0n) is 11.3. The quantitative estimate of drug-likeness (QED) is 0.900. The maximum atomic E-state index is 14.3. The van der Waals surface area contributed by atoms with E-state index in [9.17, 15) is 4.39 Å². The Morgan fingerprint density at radius 1 is 1.17 bits per heavy atom. The van der Waals surface area contributed by atoms with Crippen molar-refractivity contribution in [3.05, 3.63) is 23.3 Å². The normalized spacial score (nSPS) is 15.0. The first-order valence-electron chi connectivity index (χ1n) is 6.08. The molecule has 2 rings (SSSR count). The van der Waals surface area contributed by atoms with Crippen molar-refractivity contribution in [3.63, 3.8) is 0 Å². The van der Waals surface area contributed by atoms with Crippen LogP contribution in [0.2, 0.25) is 0 Å². The highest BCUT2D eigenvalue weighted by atomic mass is 19.1. The molecule has 1 heterocycles. The van der Waals surface area contributed by atoms with E-state index in [2.05, 4.69) is 0 Å². The summed E-state index contributed by atoms with van der Waals surface area (Å²) in [4.78, 5) is 0. The molecular formula is C14H20FNO2. The zero-order chi connectivity index (χ0) is 13.6. The van der Waals surface area contributed by atoms with Crippen molar-refractivity contribution in [3.8, 4) is 11.5 Å². The van der Waals surface area contributed by atoms with E-state index in [-0.39, 0.29) is 6.79 Å². The summed E-state index contributed by atoms with van der Waals surface area (Å²) < 4.78 is 24.9. The molecule has 1 aromatic carbocycles. The van der Waals surface area contributed by atoms with Gasteiger partial charge in [0.1, 0.15) is 5.67 Å². The van der Waals surface area contributed by atoms with Gasteiger partial charge >= 0.3 is 0 Å². The molecule has 0 amide bonds. The fourth-order valence-corrected chi connectivity index (χ4v) is 2.17. The Hall–Kier alpha value is -1.29. The summed E-state index contributed by atoms with van der Waals surface area (Å²) in [5.41, 5.74) is 5.70. The largest absolute Gasteiger partial charge is 0.454 e.